The maximum atomic E-state index is 11.3. The summed E-state index contributed by atoms with van der Waals surface area (Å²) in [5.41, 5.74) is 1.69. The molecule has 1 nitrogen and oxygen atoms in total. The molecule has 0 bridgehead atoms. The highest BCUT2D eigenvalue weighted by atomic mass is 127. The van der Waals surface area contributed by atoms with Crippen molar-refractivity contribution in [3.8, 4) is 0 Å². The van der Waals surface area contributed by atoms with Crippen LogP contribution in [0, 0.1) is 3.57 Å². The normalized spacial score (nSPS) is 10.2. The molecule has 0 amide bonds. The van der Waals surface area contributed by atoms with Crippen molar-refractivity contribution in [2.45, 2.75) is 20.3 Å². The number of carbonyl (C=O) groups excluding carboxylic acids is 1. The minimum Gasteiger partial charge on any atom is -0.294 e. The Balaban J connectivity index is 3.38. The molecular formula is C10H10ClIO. The maximum Gasteiger partial charge on any atom is 0.162 e. The van der Waals surface area contributed by atoms with Gasteiger partial charge in [-0.1, -0.05) is 24.6 Å². The zero-order valence-corrected chi connectivity index (χ0v) is 10.4. The van der Waals surface area contributed by atoms with E-state index >= 15 is 0 Å². The van der Waals surface area contributed by atoms with Crippen LogP contribution in [-0.2, 0) is 6.42 Å². The highest BCUT2D eigenvalue weighted by Gasteiger charge is 2.12. The largest absolute Gasteiger partial charge is 0.294 e. The molecule has 0 saturated carbocycles. The number of carbonyl (C=O) groups is 1. The van der Waals surface area contributed by atoms with Crippen molar-refractivity contribution in [1.29, 1.82) is 0 Å². The molecule has 0 aliphatic carbocycles. The minimum absolute atomic E-state index is 0.0321. The molecule has 0 aliphatic heterocycles. The lowest BCUT2D eigenvalue weighted by Gasteiger charge is -2.07. The molecule has 0 heterocycles. The molecule has 1 aromatic rings. The summed E-state index contributed by atoms with van der Waals surface area (Å²) in [7, 11) is 0. The first-order valence-electron chi connectivity index (χ1n) is 4.05. The molecule has 1 aromatic carbocycles. The summed E-state index contributed by atoms with van der Waals surface area (Å²) in [5, 5.41) is 0.613. The Bertz CT molecular complexity index is 347. The van der Waals surface area contributed by atoms with Crippen LogP contribution in [0.3, 0.4) is 0 Å². The number of halogens is 2. The highest BCUT2D eigenvalue weighted by molar-refractivity contribution is 14.1. The summed E-state index contributed by atoms with van der Waals surface area (Å²) in [6, 6.07) is 3.90. The van der Waals surface area contributed by atoms with Gasteiger partial charge in [0.15, 0.2) is 5.78 Å². The lowest BCUT2D eigenvalue weighted by Crippen LogP contribution is -2.00. The minimum atomic E-state index is 0.0321. The van der Waals surface area contributed by atoms with Gasteiger partial charge in [0.2, 0.25) is 0 Å². The Kier molecular flexibility index (Phi) is 3.74. The second-order valence-corrected chi connectivity index (χ2v) is 4.35. The topological polar surface area (TPSA) is 17.1 Å². The third kappa shape index (κ3) is 2.23. The Labute approximate surface area is 96.6 Å². The Morgan fingerprint density at radius 1 is 1.54 bits per heavy atom. The molecule has 70 valence electrons. The van der Waals surface area contributed by atoms with Crippen LogP contribution in [0.25, 0.3) is 0 Å². The molecular weight excluding hydrogens is 298 g/mol. The Morgan fingerprint density at radius 2 is 2.15 bits per heavy atom. The van der Waals surface area contributed by atoms with Gasteiger partial charge in [-0.2, -0.15) is 0 Å². The molecule has 0 aromatic heterocycles. The molecule has 3 heteroatoms. The van der Waals surface area contributed by atoms with E-state index in [-0.39, 0.29) is 5.78 Å². The summed E-state index contributed by atoms with van der Waals surface area (Å²) in [5.74, 6) is 0.0321. The number of hydrogen-bond donors (Lipinski definition) is 0. The zero-order valence-electron chi connectivity index (χ0n) is 7.53. The van der Waals surface area contributed by atoms with Gasteiger partial charge in [0.05, 0.1) is 5.02 Å². The fourth-order valence-corrected chi connectivity index (χ4v) is 2.61. The molecule has 13 heavy (non-hydrogen) atoms. The van der Waals surface area contributed by atoms with Crippen LogP contribution in [-0.4, -0.2) is 5.78 Å². The van der Waals surface area contributed by atoms with Crippen LogP contribution < -0.4 is 0 Å². The summed E-state index contributed by atoms with van der Waals surface area (Å²) in [6.07, 6.45) is 0.857. The van der Waals surface area contributed by atoms with Gasteiger partial charge in [-0.25, -0.2) is 0 Å². The van der Waals surface area contributed by atoms with Gasteiger partial charge in [0.25, 0.3) is 0 Å². The van der Waals surface area contributed by atoms with Crippen LogP contribution in [0.2, 0.25) is 5.02 Å². The van der Waals surface area contributed by atoms with E-state index in [1.165, 1.54) is 0 Å². The number of rotatable bonds is 2. The fraction of sp³-hybridized carbons (Fsp3) is 0.300. The second kappa shape index (κ2) is 4.42. The summed E-state index contributed by atoms with van der Waals surface area (Å²) in [6.45, 7) is 3.57. The van der Waals surface area contributed by atoms with E-state index in [1.807, 2.05) is 19.1 Å². The molecule has 0 spiro atoms. The van der Waals surface area contributed by atoms with Crippen molar-refractivity contribution in [2.24, 2.45) is 0 Å². The number of hydrogen-bond acceptors (Lipinski definition) is 1. The number of ketones is 1. The molecule has 0 atom stereocenters. The van der Waals surface area contributed by atoms with Gasteiger partial charge in [-0.15, -0.1) is 0 Å². The first kappa shape index (κ1) is 11.0. The highest BCUT2D eigenvalue weighted by Crippen LogP contribution is 2.26. The summed E-state index contributed by atoms with van der Waals surface area (Å²) >= 11 is 8.21. The van der Waals surface area contributed by atoms with E-state index in [1.54, 1.807) is 6.92 Å². The van der Waals surface area contributed by atoms with Crippen molar-refractivity contribution in [3.63, 3.8) is 0 Å². The fourth-order valence-electron chi connectivity index (χ4n) is 1.19. The monoisotopic (exact) mass is 308 g/mol. The average molecular weight is 309 g/mol. The quantitative estimate of drug-likeness (QED) is 0.601. The van der Waals surface area contributed by atoms with Crippen molar-refractivity contribution in [3.05, 3.63) is 31.9 Å². The van der Waals surface area contributed by atoms with Gasteiger partial charge in [-0.05, 0) is 47.6 Å². The molecule has 0 N–H and O–H groups in total. The number of aryl methyl sites for hydroxylation is 1. The zero-order chi connectivity index (χ0) is 10.0. The molecule has 0 aliphatic rings. The van der Waals surface area contributed by atoms with E-state index in [4.69, 9.17) is 11.6 Å². The van der Waals surface area contributed by atoms with Crippen LogP contribution >= 0.6 is 34.2 Å². The van der Waals surface area contributed by atoms with E-state index in [0.717, 1.165) is 15.6 Å². The molecule has 0 radical (unpaired) electrons. The predicted molar refractivity (Wildman–Crippen MR) is 63.6 cm³/mol. The standard InChI is InChI=1S/C10H10ClIO/c1-3-7-4-5-8(12)9(6(2)13)10(7)11/h4-5H,3H2,1-2H3. The van der Waals surface area contributed by atoms with Gasteiger partial charge in [0, 0.05) is 9.13 Å². The van der Waals surface area contributed by atoms with Crippen LogP contribution in [0.4, 0.5) is 0 Å². The Hall–Kier alpha value is -0.0900. The van der Waals surface area contributed by atoms with Gasteiger partial charge in [0.1, 0.15) is 0 Å². The van der Waals surface area contributed by atoms with Gasteiger partial charge >= 0.3 is 0 Å². The molecule has 1 rings (SSSR count). The van der Waals surface area contributed by atoms with E-state index in [9.17, 15) is 4.79 Å². The molecule has 0 unspecified atom stereocenters. The average Bonchev–Trinajstić information content (AvgIpc) is 2.04. The van der Waals surface area contributed by atoms with Crippen LogP contribution in [0.5, 0.6) is 0 Å². The van der Waals surface area contributed by atoms with Gasteiger partial charge in [-0.3, -0.25) is 4.79 Å². The maximum absolute atomic E-state index is 11.3. The smallest absolute Gasteiger partial charge is 0.162 e. The second-order valence-electron chi connectivity index (χ2n) is 2.81. The van der Waals surface area contributed by atoms with Crippen LogP contribution in [0.1, 0.15) is 29.8 Å². The number of benzene rings is 1. The summed E-state index contributed by atoms with van der Waals surface area (Å²) in [4.78, 5) is 11.3. The van der Waals surface area contributed by atoms with Crippen molar-refractivity contribution in [1.82, 2.24) is 0 Å². The van der Waals surface area contributed by atoms with Crippen molar-refractivity contribution >= 4 is 40.0 Å². The summed E-state index contributed by atoms with van der Waals surface area (Å²) < 4.78 is 0.923. The van der Waals surface area contributed by atoms with E-state index in [0.29, 0.717) is 10.6 Å². The third-order valence-corrected chi connectivity index (χ3v) is 3.23. The molecule has 0 saturated heterocycles. The van der Waals surface area contributed by atoms with Crippen molar-refractivity contribution in [2.75, 3.05) is 0 Å². The predicted octanol–water partition coefficient (Wildman–Crippen LogP) is 3.71. The number of Topliss-reactive ketones (excluding diaryl/α,β-unsaturated/α-hetero) is 1. The Morgan fingerprint density at radius 3 is 2.62 bits per heavy atom. The SMILES string of the molecule is CCc1ccc(I)c(C(C)=O)c1Cl. The van der Waals surface area contributed by atoms with Crippen LogP contribution in [0.15, 0.2) is 12.1 Å². The molecule has 0 fully saturated rings. The van der Waals surface area contributed by atoms with Crippen molar-refractivity contribution < 1.29 is 4.79 Å². The first-order chi connectivity index (χ1) is 6.07. The lowest BCUT2D eigenvalue weighted by atomic mass is 10.1. The lowest BCUT2D eigenvalue weighted by molar-refractivity contribution is 0.101. The van der Waals surface area contributed by atoms with E-state index in [2.05, 4.69) is 22.6 Å². The van der Waals surface area contributed by atoms with E-state index < -0.39 is 0 Å². The van der Waals surface area contributed by atoms with Gasteiger partial charge < -0.3 is 0 Å². The first-order valence-corrected chi connectivity index (χ1v) is 5.51. The third-order valence-electron chi connectivity index (χ3n) is 1.90.